The van der Waals surface area contributed by atoms with E-state index in [0.29, 0.717) is 17.7 Å². The summed E-state index contributed by atoms with van der Waals surface area (Å²) in [6.07, 6.45) is 5.26. The third-order valence-electron chi connectivity index (χ3n) is 6.38. The maximum atomic E-state index is 13.7. The Bertz CT molecular complexity index is 1560. The Morgan fingerprint density at radius 3 is 2.43 bits per heavy atom. The lowest BCUT2D eigenvalue weighted by Crippen LogP contribution is -2.24. The van der Waals surface area contributed by atoms with Crippen molar-refractivity contribution in [3.8, 4) is 11.1 Å². The van der Waals surface area contributed by atoms with Crippen LogP contribution in [0.3, 0.4) is 0 Å². The van der Waals surface area contributed by atoms with Gasteiger partial charge in [0.1, 0.15) is 0 Å². The first-order valence-corrected chi connectivity index (χ1v) is 12.1. The number of nitrogens with zero attached hydrogens (tertiary/aromatic N) is 3. The van der Waals surface area contributed by atoms with E-state index in [0.717, 1.165) is 45.6 Å². The normalized spacial score (nSPS) is 11.3. The van der Waals surface area contributed by atoms with Crippen LogP contribution < -0.4 is 5.32 Å². The highest BCUT2D eigenvalue weighted by molar-refractivity contribution is 6.09. The molecule has 0 atom stereocenters. The summed E-state index contributed by atoms with van der Waals surface area (Å²) < 4.78 is 29.2. The SMILES string of the molecule is CC(C)c1c(C(=O)NCc2ccc(F)c(F)c2)c2ccc(-c3ccncc3)cc2n1Cc1ccccn1. The third kappa shape index (κ3) is 4.98. The number of amides is 1. The van der Waals surface area contributed by atoms with Crippen LogP contribution >= 0.6 is 0 Å². The zero-order chi connectivity index (χ0) is 25.9. The van der Waals surface area contributed by atoms with Crippen molar-refractivity contribution in [3.63, 3.8) is 0 Å². The van der Waals surface area contributed by atoms with Crippen molar-refractivity contribution in [2.75, 3.05) is 0 Å². The van der Waals surface area contributed by atoms with Crippen molar-refractivity contribution in [2.24, 2.45) is 0 Å². The first kappa shape index (κ1) is 24.3. The summed E-state index contributed by atoms with van der Waals surface area (Å²) in [5, 5.41) is 3.73. The van der Waals surface area contributed by atoms with Gasteiger partial charge < -0.3 is 9.88 Å². The highest BCUT2D eigenvalue weighted by atomic mass is 19.2. The molecule has 0 bridgehead atoms. The van der Waals surface area contributed by atoms with E-state index >= 15 is 0 Å². The summed E-state index contributed by atoms with van der Waals surface area (Å²) in [6, 6.07) is 19.4. The number of hydrogen-bond acceptors (Lipinski definition) is 3. The lowest BCUT2D eigenvalue weighted by Gasteiger charge is -2.15. The lowest BCUT2D eigenvalue weighted by molar-refractivity contribution is 0.0951. The maximum absolute atomic E-state index is 13.7. The van der Waals surface area contributed by atoms with Crippen LogP contribution in [0.4, 0.5) is 8.78 Å². The molecule has 5 rings (SSSR count). The second-order valence-electron chi connectivity index (χ2n) is 9.22. The number of pyridine rings is 2. The molecule has 0 saturated carbocycles. The van der Waals surface area contributed by atoms with E-state index in [1.54, 1.807) is 18.6 Å². The molecule has 5 nitrogen and oxygen atoms in total. The molecule has 37 heavy (non-hydrogen) atoms. The Kier molecular flexibility index (Phi) is 6.77. The molecule has 1 N–H and O–H groups in total. The third-order valence-corrected chi connectivity index (χ3v) is 6.38. The van der Waals surface area contributed by atoms with Gasteiger partial charge in [-0.25, -0.2) is 8.78 Å². The van der Waals surface area contributed by atoms with Crippen molar-refractivity contribution >= 4 is 16.8 Å². The van der Waals surface area contributed by atoms with Crippen LogP contribution in [-0.2, 0) is 13.1 Å². The van der Waals surface area contributed by atoms with E-state index in [1.807, 2.05) is 42.5 Å². The van der Waals surface area contributed by atoms with Gasteiger partial charge >= 0.3 is 0 Å². The number of benzene rings is 2. The summed E-state index contributed by atoms with van der Waals surface area (Å²) in [7, 11) is 0. The monoisotopic (exact) mass is 496 g/mol. The van der Waals surface area contributed by atoms with Gasteiger partial charge in [0.05, 0.1) is 23.3 Å². The molecule has 3 aromatic heterocycles. The van der Waals surface area contributed by atoms with Crippen molar-refractivity contribution in [1.82, 2.24) is 19.9 Å². The standard InChI is InChI=1S/C30H26F2N4O/c1-19(2)29-28(30(37)35-17-20-6-9-25(31)26(32)15-20)24-8-7-22(21-10-13-33-14-11-21)16-27(24)36(29)18-23-5-3-4-12-34-23/h3-16,19H,17-18H2,1-2H3,(H,35,37). The van der Waals surface area contributed by atoms with Gasteiger partial charge in [0, 0.05) is 36.2 Å². The molecule has 7 heteroatoms. The number of hydrogen-bond donors (Lipinski definition) is 1. The fraction of sp³-hybridized carbons (Fsp3) is 0.167. The molecule has 0 fully saturated rings. The van der Waals surface area contributed by atoms with Crippen LogP contribution in [0.15, 0.2) is 85.3 Å². The second kappa shape index (κ2) is 10.3. The Labute approximate surface area is 213 Å². The molecule has 186 valence electrons. The van der Waals surface area contributed by atoms with Crippen LogP contribution in [0.25, 0.3) is 22.0 Å². The predicted octanol–water partition coefficient (Wildman–Crippen LogP) is 6.48. The van der Waals surface area contributed by atoms with Gasteiger partial charge in [-0.2, -0.15) is 0 Å². The van der Waals surface area contributed by atoms with Gasteiger partial charge in [-0.1, -0.05) is 38.1 Å². The lowest BCUT2D eigenvalue weighted by atomic mass is 10.0. The van der Waals surface area contributed by atoms with Crippen molar-refractivity contribution in [3.05, 3.63) is 119 Å². The first-order valence-electron chi connectivity index (χ1n) is 12.1. The zero-order valence-corrected chi connectivity index (χ0v) is 20.6. The summed E-state index contributed by atoms with van der Waals surface area (Å²) in [6.45, 7) is 4.69. The predicted molar refractivity (Wildman–Crippen MR) is 140 cm³/mol. The number of rotatable bonds is 7. The minimum absolute atomic E-state index is 0.0319. The smallest absolute Gasteiger partial charge is 0.254 e. The molecule has 0 aliphatic rings. The number of fused-ring (bicyclic) bond motifs is 1. The van der Waals surface area contributed by atoms with E-state index in [1.165, 1.54) is 6.07 Å². The molecule has 2 aromatic carbocycles. The van der Waals surface area contributed by atoms with Crippen molar-refractivity contribution in [1.29, 1.82) is 0 Å². The van der Waals surface area contributed by atoms with Crippen LogP contribution in [-0.4, -0.2) is 20.4 Å². The van der Waals surface area contributed by atoms with E-state index in [2.05, 4.69) is 39.8 Å². The number of nitrogens with one attached hydrogen (secondary N) is 1. The highest BCUT2D eigenvalue weighted by Crippen LogP contribution is 2.34. The fourth-order valence-electron chi connectivity index (χ4n) is 4.68. The van der Waals surface area contributed by atoms with Gasteiger partial charge in [0.15, 0.2) is 11.6 Å². The average molecular weight is 497 g/mol. The molecular formula is C30H26F2N4O. The molecular weight excluding hydrogens is 470 g/mol. The summed E-state index contributed by atoms with van der Waals surface area (Å²) in [4.78, 5) is 22.2. The second-order valence-corrected chi connectivity index (χ2v) is 9.22. The van der Waals surface area contributed by atoms with Gasteiger partial charge in [-0.15, -0.1) is 0 Å². The molecule has 0 aliphatic heterocycles. The van der Waals surface area contributed by atoms with E-state index in [9.17, 15) is 13.6 Å². The summed E-state index contributed by atoms with van der Waals surface area (Å²) >= 11 is 0. The molecule has 0 radical (unpaired) electrons. The maximum Gasteiger partial charge on any atom is 0.254 e. The minimum Gasteiger partial charge on any atom is -0.348 e. The van der Waals surface area contributed by atoms with E-state index < -0.39 is 11.6 Å². The van der Waals surface area contributed by atoms with Crippen LogP contribution in [0.2, 0.25) is 0 Å². The molecule has 3 heterocycles. The largest absolute Gasteiger partial charge is 0.348 e. The Morgan fingerprint density at radius 2 is 1.73 bits per heavy atom. The van der Waals surface area contributed by atoms with Gasteiger partial charge in [0.2, 0.25) is 0 Å². The average Bonchev–Trinajstić information content (AvgIpc) is 3.24. The number of aromatic nitrogens is 3. The van der Waals surface area contributed by atoms with Gasteiger partial charge in [-0.3, -0.25) is 14.8 Å². The molecule has 0 aliphatic carbocycles. The van der Waals surface area contributed by atoms with Gasteiger partial charge in [-0.05, 0) is 65.1 Å². The minimum atomic E-state index is -0.940. The molecule has 0 unspecified atom stereocenters. The quantitative estimate of drug-likeness (QED) is 0.281. The number of carbonyl (C=O) groups excluding carboxylic acids is 1. The number of carbonyl (C=O) groups is 1. The van der Waals surface area contributed by atoms with Crippen LogP contribution in [0, 0.1) is 11.6 Å². The molecule has 5 aromatic rings. The Morgan fingerprint density at radius 1 is 0.919 bits per heavy atom. The topological polar surface area (TPSA) is 59.8 Å². The first-order chi connectivity index (χ1) is 17.9. The molecule has 0 spiro atoms. The fourth-order valence-corrected chi connectivity index (χ4v) is 4.68. The van der Waals surface area contributed by atoms with E-state index in [4.69, 9.17) is 0 Å². The van der Waals surface area contributed by atoms with Gasteiger partial charge in [0.25, 0.3) is 5.91 Å². The summed E-state index contributed by atoms with van der Waals surface area (Å²) in [5.41, 5.74) is 5.78. The Hall–Kier alpha value is -4.39. The van der Waals surface area contributed by atoms with Crippen LogP contribution in [0.1, 0.15) is 47.1 Å². The molecule has 0 saturated heterocycles. The molecule has 1 amide bonds. The number of halogens is 2. The highest BCUT2D eigenvalue weighted by Gasteiger charge is 2.25. The van der Waals surface area contributed by atoms with Crippen molar-refractivity contribution < 1.29 is 13.6 Å². The summed E-state index contributed by atoms with van der Waals surface area (Å²) in [5.74, 6) is -2.09. The zero-order valence-electron chi connectivity index (χ0n) is 20.6. The van der Waals surface area contributed by atoms with Crippen LogP contribution in [0.5, 0.6) is 0 Å². The van der Waals surface area contributed by atoms with Crippen molar-refractivity contribution in [2.45, 2.75) is 32.9 Å². The Balaban J connectivity index is 1.62. The van der Waals surface area contributed by atoms with E-state index in [-0.39, 0.29) is 18.4 Å².